The largest absolute Gasteiger partial charge is 0.379 e. The van der Waals surface area contributed by atoms with E-state index in [0.717, 1.165) is 70.8 Å². The van der Waals surface area contributed by atoms with Gasteiger partial charge in [-0.2, -0.15) is 0 Å². The Balaban J connectivity index is 1.85. The molecule has 7 heteroatoms. The van der Waals surface area contributed by atoms with Crippen molar-refractivity contribution in [3.05, 3.63) is 0 Å². The maximum absolute atomic E-state index is 11.9. The van der Waals surface area contributed by atoms with Gasteiger partial charge in [0.05, 0.1) is 13.2 Å². The van der Waals surface area contributed by atoms with E-state index >= 15 is 0 Å². The second-order valence-electron chi connectivity index (χ2n) is 7.85. The van der Waals surface area contributed by atoms with E-state index in [-0.39, 0.29) is 12.5 Å². The molecule has 2 rings (SSSR count). The number of carbonyl (C=O) groups is 1. The average Bonchev–Trinajstić information content (AvgIpc) is 2.64. The summed E-state index contributed by atoms with van der Waals surface area (Å²) in [4.78, 5) is 22.9. The second kappa shape index (κ2) is 10.7. The Morgan fingerprint density at radius 1 is 1.19 bits per heavy atom. The molecule has 26 heavy (non-hydrogen) atoms. The summed E-state index contributed by atoms with van der Waals surface area (Å²) in [7, 11) is 3.55. The predicted molar refractivity (Wildman–Crippen MR) is 105 cm³/mol. The molecule has 2 heterocycles. The van der Waals surface area contributed by atoms with Gasteiger partial charge in [0.1, 0.15) is 6.54 Å². The van der Waals surface area contributed by atoms with Gasteiger partial charge in [-0.3, -0.25) is 9.69 Å². The molecule has 0 bridgehead atoms. The molecule has 7 nitrogen and oxygen atoms in total. The summed E-state index contributed by atoms with van der Waals surface area (Å²) in [6.07, 6.45) is 2.25. The minimum absolute atomic E-state index is 0.0380. The molecule has 2 unspecified atom stereocenters. The Bertz CT molecular complexity index is 463. The van der Waals surface area contributed by atoms with Crippen molar-refractivity contribution in [2.75, 3.05) is 73.1 Å². The molecule has 0 aromatic heterocycles. The fourth-order valence-electron chi connectivity index (χ4n) is 3.33. The number of guanidine groups is 1. The van der Waals surface area contributed by atoms with Crippen molar-refractivity contribution in [2.45, 2.75) is 26.7 Å². The average molecular weight is 368 g/mol. The molecule has 0 aliphatic carbocycles. The zero-order valence-corrected chi connectivity index (χ0v) is 17.0. The number of nitrogens with one attached hydrogen (secondary N) is 1. The minimum Gasteiger partial charge on any atom is -0.379 e. The highest BCUT2D eigenvalue weighted by Gasteiger charge is 2.25. The van der Waals surface area contributed by atoms with E-state index in [2.05, 4.69) is 34.0 Å². The van der Waals surface area contributed by atoms with Gasteiger partial charge in [0, 0.05) is 46.8 Å². The fourth-order valence-corrected chi connectivity index (χ4v) is 3.33. The summed E-state index contributed by atoms with van der Waals surface area (Å²) in [6.45, 7) is 12.6. The number of morpholine rings is 1. The van der Waals surface area contributed by atoms with Gasteiger partial charge in [-0.1, -0.05) is 13.8 Å². The van der Waals surface area contributed by atoms with E-state index in [1.807, 2.05) is 0 Å². The van der Waals surface area contributed by atoms with Crippen LogP contribution in [0.3, 0.4) is 0 Å². The standard InChI is InChI=1S/C19H37N5O2/c1-16-6-9-24(15-17(16)2)19(21-14-18(25)22(3)4)20-7-5-8-23-10-12-26-13-11-23/h16-17H,5-15H2,1-4H3,(H,20,21). The highest BCUT2D eigenvalue weighted by Crippen LogP contribution is 2.22. The van der Waals surface area contributed by atoms with Crippen LogP contribution >= 0.6 is 0 Å². The Kier molecular flexibility index (Phi) is 8.65. The first-order valence-electron chi connectivity index (χ1n) is 10.0. The lowest BCUT2D eigenvalue weighted by molar-refractivity contribution is -0.127. The Morgan fingerprint density at radius 3 is 2.58 bits per heavy atom. The molecule has 0 saturated carbocycles. The fraction of sp³-hybridized carbons (Fsp3) is 0.895. The van der Waals surface area contributed by atoms with E-state index < -0.39 is 0 Å². The second-order valence-corrected chi connectivity index (χ2v) is 7.85. The van der Waals surface area contributed by atoms with Crippen LogP contribution in [0.2, 0.25) is 0 Å². The highest BCUT2D eigenvalue weighted by molar-refractivity contribution is 5.84. The topological polar surface area (TPSA) is 60.4 Å². The van der Waals surface area contributed by atoms with E-state index in [1.54, 1.807) is 19.0 Å². The molecule has 2 fully saturated rings. The van der Waals surface area contributed by atoms with Crippen LogP contribution < -0.4 is 5.32 Å². The van der Waals surface area contributed by atoms with Crippen LogP contribution in [-0.4, -0.2) is 99.7 Å². The molecular formula is C19H37N5O2. The summed E-state index contributed by atoms with van der Waals surface area (Å²) < 4.78 is 5.40. The smallest absolute Gasteiger partial charge is 0.243 e. The van der Waals surface area contributed by atoms with Gasteiger partial charge in [-0.25, -0.2) is 4.99 Å². The van der Waals surface area contributed by atoms with E-state index in [9.17, 15) is 4.79 Å². The molecular weight excluding hydrogens is 330 g/mol. The van der Waals surface area contributed by atoms with Crippen LogP contribution in [0.1, 0.15) is 26.7 Å². The van der Waals surface area contributed by atoms with Crippen LogP contribution in [0.25, 0.3) is 0 Å². The maximum Gasteiger partial charge on any atom is 0.243 e. The highest BCUT2D eigenvalue weighted by atomic mass is 16.5. The predicted octanol–water partition coefficient (Wildman–Crippen LogP) is 0.720. The SMILES string of the molecule is CC1CCN(C(=NCC(=O)N(C)C)NCCCN2CCOCC2)CC1C. The third-order valence-corrected chi connectivity index (χ3v) is 5.53. The number of carbonyl (C=O) groups excluding carboxylic acids is 1. The van der Waals surface area contributed by atoms with E-state index in [0.29, 0.717) is 5.92 Å². The summed E-state index contributed by atoms with van der Waals surface area (Å²) in [5.74, 6) is 2.32. The molecule has 0 aromatic carbocycles. The van der Waals surface area contributed by atoms with Crippen molar-refractivity contribution in [3.8, 4) is 0 Å². The number of likely N-dealkylation sites (N-methyl/N-ethyl adjacent to an activating group) is 1. The third-order valence-electron chi connectivity index (χ3n) is 5.53. The van der Waals surface area contributed by atoms with Gasteiger partial charge >= 0.3 is 0 Å². The minimum atomic E-state index is 0.0380. The number of piperidine rings is 1. The molecule has 0 radical (unpaired) electrons. The maximum atomic E-state index is 11.9. The van der Waals surface area contributed by atoms with Crippen LogP contribution in [0.4, 0.5) is 0 Å². The summed E-state index contributed by atoms with van der Waals surface area (Å²) in [5.41, 5.74) is 0. The van der Waals surface area contributed by atoms with Crippen molar-refractivity contribution in [3.63, 3.8) is 0 Å². The van der Waals surface area contributed by atoms with Gasteiger partial charge in [-0.05, 0) is 31.2 Å². The Hall–Kier alpha value is -1.34. The molecule has 0 spiro atoms. The van der Waals surface area contributed by atoms with Crippen molar-refractivity contribution < 1.29 is 9.53 Å². The molecule has 150 valence electrons. The number of rotatable bonds is 6. The van der Waals surface area contributed by atoms with E-state index in [1.165, 1.54) is 6.42 Å². The lowest BCUT2D eigenvalue weighted by Crippen LogP contribution is -2.49. The molecule has 1 N–H and O–H groups in total. The van der Waals surface area contributed by atoms with Gasteiger partial charge < -0.3 is 19.9 Å². The van der Waals surface area contributed by atoms with Gasteiger partial charge in [0.2, 0.25) is 5.91 Å². The number of amides is 1. The van der Waals surface area contributed by atoms with Crippen molar-refractivity contribution >= 4 is 11.9 Å². The number of likely N-dealkylation sites (tertiary alicyclic amines) is 1. The number of hydrogen-bond donors (Lipinski definition) is 1. The normalized spacial score (nSPS) is 25.2. The van der Waals surface area contributed by atoms with E-state index in [4.69, 9.17) is 4.74 Å². The zero-order valence-electron chi connectivity index (χ0n) is 17.0. The number of hydrogen-bond acceptors (Lipinski definition) is 4. The first kappa shape index (κ1) is 21.0. The van der Waals surface area contributed by atoms with Gasteiger partial charge in [0.15, 0.2) is 5.96 Å². The number of ether oxygens (including phenoxy) is 1. The zero-order chi connectivity index (χ0) is 18.9. The van der Waals surface area contributed by atoms with Crippen molar-refractivity contribution in [1.29, 1.82) is 0 Å². The first-order valence-corrected chi connectivity index (χ1v) is 10.0. The van der Waals surface area contributed by atoms with Crippen molar-refractivity contribution in [2.24, 2.45) is 16.8 Å². The van der Waals surface area contributed by atoms with Gasteiger partial charge in [-0.15, -0.1) is 0 Å². The van der Waals surface area contributed by atoms with Crippen LogP contribution in [0, 0.1) is 11.8 Å². The van der Waals surface area contributed by atoms with Crippen LogP contribution in [0.5, 0.6) is 0 Å². The summed E-state index contributed by atoms with van der Waals surface area (Å²) >= 11 is 0. The molecule has 2 saturated heterocycles. The van der Waals surface area contributed by atoms with Crippen molar-refractivity contribution in [1.82, 2.24) is 20.0 Å². The Morgan fingerprint density at radius 2 is 1.92 bits per heavy atom. The molecule has 1 amide bonds. The molecule has 0 aromatic rings. The third kappa shape index (κ3) is 6.76. The molecule has 2 aliphatic heterocycles. The monoisotopic (exact) mass is 367 g/mol. The lowest BCUT2D eigenvalue weighted by atomic mass is 9.89. The van der Waals surface area contributed by atoms with Crippen LogP contribution in [0.15, 0.2) is 4.99 Å². The first-order chi connectivity index (χ1) is 12.5. The van der Waals surface area contributed by atoms with Crippen LogP contribution in [-0.2, 0) is 9.53 Å². The quantitative estimate of drug-likeness (QED) is 0.426. The summed E-state index contributed by atoms with van der Waals surface area (Å²) in [6, 6.07) is 0. The molecule has 2 atom stereocenters. The number of nitrogens with zero attached hydrogens (tertiary/aromatic N) is 4. The summed E-state index contributed by atoms with van der Waals surface area (Å²) in [5, 5.41) is 3.51. The number of aliphatic imine (C=N–C) groups is 1. The van der Waals surface area contributed by atoms with Gasteiger partial charge in [0.25, 0.3) is 0 Å². The lowest BCUT2D eigenvalue weighted by Gasteiger charge is -2.37. The molecule has 2 aliphatic rings. The Labute approximate surface area is 158 Å².